The van der Waals surface area contributed by atoms with Crippen molar-refractivity contribution in [2.75, 3.05) is 19.7 Å². The van der Waals surface area contributed by atoms with E-state index in [0.29, 0.717) is 32.5 Å². The number of hydrogen-bond acceptors (Lipinski definition) is 3. The van der Waals surface area contributed by atoms with Gasteiger partial charge in [0.05, 0.1) is 18.7 Å². The second kappa shape index (κ2) is 7.16. The monoisotopic (exact) mass is 365 g/mol. The molecule has 0 radical (unpaired) electrons. The summed E-state index contributed by atoms with van der Waals surface area (Å²) in [4.78, 5) is 25.6. The van der Waals surface area contributed by atoms with Gasteiger partial charge in [0.1, 0.15) is 5.60 Å². The molecule has 1 fully saturated rings. The predicted molar refractivity (Wildman–Crippen MR) is 101 cm³/mol. The molecule has 1 saturated heterocycles. The van der Waals surface area contributed by atoms with Gasteiger partial charge in [0.15, 0.2) is 0 Å². The summed E-state index contributed by atoms with van der Waals surface area (Å²) in [5.74, 6) is -0.808. The molecule has 1 amide bonds. The summed E-state index contributed by atoms with van der Waals surface area (Å²) in [5, 5.41) is 8.96. The number of aromatic carboxylic acids is 1. The lowest BCUT2D eigenvalue weighted by Crippen LogP contribution is -2.51. The van der Waals surface area contributed by atoms with Crippen LogP contribution in [0.25, 0.3) is 0 Å². The maximum absolute atomic E-state index is 12.8. The fraction of sp³-hybridized carbons (Fsp3) is 0.364. The normalized spacial score (nSPS) is 21.3. The molecule has 27 heavy (non-hydrogen) atoms. The smallest absolute Gasteiger partial charge is 0.335 e. The first-order valence-corrected chi connectivity index (χ1v) is 9.40. The van der Waals surface area contributed by atoms with Crippen LogP contribution in [0.2, 0.25) is 0 Å². The average molecular weight is 365 g/mol. The zero-order chi connectivity index (χ0) is 18.9. The third-order valence-corrected chi connectivity index (χ3v) is 5.67. The molecule has 2 aromatic carbocycles. The number of hydrogen-bond donors (Lipinski definition) is 1. The van der Waals surface area contributed by atoms with E-state index in [-0.39, 0.29) is 17.1 Å². The highest BCUT2D eigenvalue weighted by molar-refractivity contribution is 5.87. The van der Waals surface area contributed by atoms with Gasteiger partial charge < -0.3 is 14.7 Å². The molecule has 2 aromatic rings. The van der Waals surface area contributed by atoms with E-state index in [0.717, 1.165) is 18.4 Å². The largest absolute Gasteiger partial charge is 0.478 e. The lowest BCUT2D eigenvalue weighted by atomic mass is 9.93. The maximum atomic E-state index is 12.8. The second-order valence-corrected chi connectivity index (χ2v) is 7.32. The first-order valence-electron chi connectivity index (χ1n) is 9.40. The summed E-state index contributed by atoms with van der Waals surface area (Å²) in [6.45, 7) is 1.80. The van der Waals surface area contributed by atoms with E-state index < -0.39 is 5.97 Å². The van der Waals surface area contributed by atoms with Crippen molar-refractivity contribution in [1.82, 2.24) is 4.90 Å². The number of rotatable bonds is 4. The Morgan fingerprint density at radius 2 is 1.89 bits per heavy atom. The molecule has 1 heterocycles. The molecular formula is C22H23NO4. The minimum absolute atomic E-state index is 0.129. The number of carbonyl (C=O) groups is 2. The first-order chi connectivity index (χ1) is 13.1. The minimum atomic E-state index is -0.937. The van der Waals surface area contributed by atoms with Crippen LogP contribution in [-0.4, -0.2) is 41.6 Å². The second-order valence-electron chi connectivity index (χ2n) is 7.32. The van der Waals surface area contributed by atoms with E-state index in [9.17, 15) is 9.59 Å². The number of carboxylic acids is 1. The summed E-state index contributed by atoms with van der Waals surface area (Å²) < 4.78 is 6.18. The molecule has 140 valence electrons. The highest BCUT2D eigenvalue weighted by atomic mass is 16.5. The third kappa shape index (κ3) is 3.47. The van der Waals surface area contributed by atoms with Crippen LogP contribution >= 0.6 is 0 Å². The molecule has 0 bridgehead atoms. The summed E-state index contributed by atoms with van der Waals surface area (Å²) >= 11 is 0. The molecule has 0 aromatic heterocycles. The highest BCUT2D eigenvalue weighted by Crippen LogP contribution is 2.42. The van der Waals surface area contributed by atoms with Crippen molar-refractivity contribution in [3.8, 4) is 0 Å². The van der Waals surface area contributed by atoms with Crippen LogP contribution in [-0.2, 0) is 28.0 Å². The van der Waals surface area contributed by atoms with Gasteiger partial charge in [-0.25, -0.2) is 4.79 Å². The summed E-state index contributed by atoms with van der Waals surface area (Å²) in [6.07, 6.45) is 2.95. The molecule has 5 heteroatoms. The van der Waals surface area contributed by atoms with Crippen LogP contribution in [0.4, 0.5) is 0 Å². The van der Waals surface area contributed by atoms with Crippen molar-refractivity contribution in [3.05, 3.63) is 70.8 Å². The Hall–Kier alpha value is -2.66. The summed E-state index contributed by atoms with van der Waals surface area (Å²) in [5.41, 5.74) is 3.44. The third-order valence-electron chi connectivity index (χ3n) is 5.67. The lowest BCUT2D eigenvalue weighted by Gasteiger charge is -2.41. The Bertz CT molecular complexity index is 857. The van der Waals surface area contributed by atoms with Crippen LogP contribution in [0.15, 0.2) is 48.5 Å². The van der Waals surface area contributed by atoms with Crippen molar-refractivity contribution in [2.45, 2.75) is 31.3 Å². The van der Waals surface area contributed by atoms with E-state index >= 15 is 0 Å². The zero-order valence-corrected chi connectivity index (χ0v) is 15.2. The SMILES string of the molecule is O=C(O)c1ccc(CCC(=O)N2CCO[C@]3(CCc4ccccc43)C2)cc1. The number of amides is 1. The number of ether oxygens (including phenoxy) is 1. The molecule has 1 spiro atoms. The fourth-order valence-corrected chi connectivity index (χ4v) is 4.19. The topological polar surface area (TPSA) is 66.8 Å². The number of aryl methyl sites for hydroxylation is 2. The maximum Gasteiger partial charge on any atom is 0.335 e. The van der Waals surface area contributed by atoms with Crippen molar-refractivity contribution in [3.63, 3.8) is 0 Å². The summed E-state index contributed by atoms with van der Waals surface area (Å²) in [7, 11) is 0. The van der Waals surface area contributed by atoms with Crippen molar-refractivity contribution in [2.24, 2.45) is 0 Å². The van der Waals surface area contributed by atoms with Crippen molar-refractivity contribution < 1.29 is 19.4 Å². The first kappa shape index (κ1) is 17.7. The number of fused-ring (bicyclic) bond motifs is 2. The van der Waals surface area contributed by atoms with Crippen LogP contribution in [0.3, 0.4) is 0 Å². The lowest BCUT2D eigenvalue weighted by molar-refractivity contribution is -0.152. The van der Waals surface area contributed by atoms with Gasteiger partial charge in [-0.15, -0.1) is 0 Å². The Balaban J connectivity index is 1.40. The molecule has 0 saturated carbocycles. The summed E-state index contributed by atoms with van der Waals surface area (Å²) in [6, 6.07) is 15.1. The predicted octanol–water partition coefficient (Wildman–Crippen LogP) is 3.02. The number of carboxylic acid groups (broad SMARTS) is 1. The fourth-order valence-electron chi connectivity index (χ4n) is 4.19. The molecule has 4 rings (SSSR count). The van der Waals surface area contributed by atoms with Crippen LogP contribution in [0.5, 0.6) is 0 Å². The molecule has 2 aliphatic rings. The van der Waals surface area contributed by atoms with Gasteiger partial charge in [-0.2, -0.15) is 0 Å². The standard InChI is InChI=1S/C22H23NO4/c24-20(10-7-16-5-8-18(9-6-16)21(25)26)23-13-14-27-22(15-23)12-11-17-3-1-2-4-19(17)22/h1-6,8-9H,7,10-15H2,(H,25,26)/t22-/m1/s1. The molecule has 0 unspecified atom stereocenters. The van der Waals surface area contributed by atoms with Gasteiger partial charge in [-0.1, -0.05) is 36.4 Å². The van der Waals surface area contributed by atoms with E-state index in [1.807, 2.05) is 11.0 Å². The van der Waals surface area contributed by atoms with Crippen LogP contribution in [0.1, 0.15) is 39.9 Å². The minimum Gasteiger partial charge on any atom is -0.478 e. The Morgan fingerprint density at radius 3 is 2.67 bits per heavy atom. The highest BCUT2D eigenvalue weighted by Gasteiger charge is 2.44. The number of benzene rings is 2. The Labute approximate surface area is 158 Å². The van der Waals surface area contributed by atoms with Crippen LogP contribution in [0, 0.1) is 0 Å². The van der Waals surface area contributed by atoms with Crippen LogP contribution < -0.4 is 0 Å². The van der Waals surface area contributed by atoms with E-state index in [2.05, 4.69) is 18.2 Å². The molecule has 1 aliphatic carbocycles. The average Bonchev–Trinajstić information content (AvgIpc) is 3.04. The van der Waals surface area contributed by atoms with Gasteiger partial charge in [-0.05, 0) is 48.1 Å². The molecule has 1 N–H and O–H groups in total. The van der Waals surface area contributed by atoms with E-state index in [1.54, 1.807) is 24.3 Å². The van der Waals surface area contributed by atoms with Crippen molar-refractivity contribution >= 4 is 11.9 Å². The van der Waals surface area contributed by atoms with Gasteiger partial charge in [-0.3, -0.25) is 4.79 Å². The number of carbonyl (C=O) groups excluding carboxylic acids is 1. The van der Waals surface area contributed by atoms with Gasteiger partial charge in [0, 0.05) is 13.0 Å². The van der Waals surface area contributed by atoms with E-state index in [1.165, 1.54) is 11.1 Å². The van der Waals surface area contributed by atoms with Gasteiger partial charge in [0.25, 0.3) is 0 Å². The van der Waals surface area contributed by atoms with Crippen molar-refractivity contribution in [1.29, 1.82) is 0 Å². The number of nitrogens with zero attached hydrogens (tertiary/aromatic N) is 1. The van der Waals surface area contributed by atoms with E-state index in [4.69, 9.17) is 9.84 Å². The Kier molecular flexibility index (Phi) is 4.70. The zero-order valence-electron chi connectivity index (χ0n) is 15.2. The molecule has 5 nitrogen and oxygen atoms in total. The molecule has 1 aliphatic heterocycles. The molecule has 1 atom stereocenters. The number of morpholine rings is 1. The van der Waals surface area contributed by atoms with Gasteiger partial charge >= 0.3 is 5.97 Å². The quantitative estimate of drug-likeness (QED) is 0.904. The molecular weight excluding hydrogens is 342 g/mol. The Morgan fingerprint density at radius 1 is 1.11 bits per heavy atom. The van der Waals surface area contributed by atoms with Gasteiger partial charge in [0.2, 0.25) is 5.91 Å².